The van der Waals surface area contributed by atoms with Crippen molar-refractivity contribution in [3.8, 4) is 0 Å². The largest absolute Gasteiger partial charge is 0.449 e. The number of esters is 1. The van der Waals surface area contributed by atoms with Gasteiger partial charge >= 0.3 is 5.97 Å². The Morgan fingerprint density at radius 2 is 2.18 bits per heavy atom. The number of carbonyl (C=O) groups excluding carboxylic acids is 1. The van der Waals surface area contributed by atoms with Crippen LogP contribution in [0.15, 0.2) is 12.2 Å². The van der Waals surface area contributed by atoms with Gasteiger partial charge < -0.3 is 14.6 Å². The molecule has 0 aromatic heterocycles. The molecule has 92 valence electrons. The lowest BCUT2D eigenvalue weighted by Gasteiger charge is -2.48. The van der Waals surface area contributed by atoms with Gasteiger partial charge in [-0.3, -0.25) is 0 Å². The maximum Gasteiger partial charge on any atom is 0.337 e. The molecule has 4 rings (SSSR count). The fourth-order valence-electron chi connectivity index (χ4n) is 4.56. The normalized spacial score (nSPS) is 59.4. The molecule has 17 heavy (non-hydrogen) atoms. The smallest absolute Gasteiger partial charge is 0.337 e. The number of aliphatic hydroxyl groups is 1. The van der Waals surface area contributed by atoms with Crippen molar-refractivity contribution in [1.29, 1.82) is 0 Å². The SMILES string of the molecule is C=C1C(=O)O[C@@]23CC[C@@H]4O[C@@]42[C@@H](C)CC[C@@]13O. The number of carbonyl (C=O) groups is 1. The Morgan fingerprint density at radius 3 is 2.88 bits per heavy atom. The van der Waals surface area contributed by atoms with Gasteiger partial charge in [-0.1, -0.05) is 13.5 Å². The van der Waals surface area contributed by atoms with E-state index in [9.17, 15) is 9.90 Å². The molecule has 2 heterocycles. The van der Waals surface area contributed by atoms with Crippen molar-refractivity contribution >= 4 is 5.97 Å². The molecule has 5 atom stereocenters. The van der Waals surface area contributed by atoms with Gasteiger partial charge in [0.25, 0.3) is 0 Å². The summed E-state index contributed by atoms with van der Waals surface area (Å²) < 4.78 is 11.4. The second-order valence-electron chi connectivity index (χ2n) is 5.93. The van der Waals surface area contributed by atoms with Crippen LogP contribution in [0.25, 0.3) is 0 Å². The quantitative estimate of drug-likeness (QED) is 0.386. The van der Waals surface area contributed by atoms with Gasteiger partial charge in [0.05, 0.1) is 11.7 Å². The molecule has 2 aliphatic heterocycles. The number of rotatable bonds is 0. The topological polar surface area (TPSA) is 59.1 Å². The Kier molecular flexibility index (Phi) is 1.45. The number of hydrogen-bond donors (Lipinski definition) is 1. The fraction of sp³-hybridized carbons (Fsp3) is 0.769. The fourth-order valence-corrected chi connectivity index (χ4v) is 4.56. The van der Waals surface area contributed by atoms with Crippen molar-refractivity contribution in [3.05, 3.63) is 12.2 Å². The van der Waals surface area contributed by atoms with E-state index in [4.69, 9.17) is 9.47 Å². The van der Waals surface area contributed by atoms with Crippen molar-refractivity contribution in [2.75, 3.05) is 0 Å². The highest BCUT2D eigenvalue weighted by Crippen LogP contribution is 2.71. The third-order valence-electron chi connectivity index (χ3n) is 5.50. The molecule has 4 nitrogen and oxygen atoms in total. The first-order valence-electron chi connectivity index (χ1n) is 6.31. The minimum Gasteiger partial charge on any atom is -0.449 e. The Hall–Kier alpha value is -0.870. The molecule has 1 N–H and O–H groups in total. The molecule has 0 aromatic carbocycles. The van der Waals surface area contributed by atoms with E-state index in [0.29, 0.717) is 18.8 Å². The van der Waals surface area contributed by atoms with Gasteiger partial charge in [-0.05, 0) is 31.6 Å². The Balaban J connectivity index is 1.94. The van der Waals surface area contributed by atoms with Crippen LogP contribution in [0.5, 0.6) is 0 Å². The van der Waals surface area contributed by atoms with E-state index < -0.39 is 22.8 Å². The minimum absolute atomic E-state index is 0.156. The van der Waals surface area contributed by atoms with Crippen molar-refractivity contribution in [2.24, 2.45) is 5.92 Å². The molecule has 0 radical (unpaired) electrons. The van der Waals surface area contributed by atoms with E-state index in [1.807, 2.05) is 0 Å². The third-order valence-corrected chi connectivity index (χ3v) is 5.50. The lowest BCUT2D eigenvalue weighted by atomic mass is 9.61. The number of epoxide rings is 1. The number of ether oxygens (including phenoxy) is 2. The highest BCUT2D eigenvalue weighted by Gasteiger charge is 2.86. The lowest BCUT2D eigenvalue weighted by molar-refractivity contribution is -0.197. The summed E-state index contributed by atoms with van der Waals surface area (Å²) in [5.74, 6) is -0.119. The molecule has 0 amide bonds. The lowest BCUT2D eigenvalue weighted by Crippen LogP contribution is -2.64. The predicted octanol–water partition coefficient (Wildman–Crippen LogP) is 0.931. The second-order valence-corrected chi connectivity index (χ2v) is 5.93. The van der Waals surface area contributed by atoms with E-state index in [0.717, 1.165) is 12.8 Å². The second kappa shape index (κ2) is 2.45. The van der Waals surface area contributed by atoms with Crippen LogP contribution in [0.2, 0.25) is 0 Å². The summed E-state index contributed by atoms with van der Waals surface area (Å²) in [6.45, 7) is 5.87. The van der Waals surface area contributed by atoms with Crippen LogP contribution in [-0.4, -0.2) is 34.0 Å². The molecule has 0 bridgehead atoms. The average molecular weight is 236 g/mol. The van der Waals surface area contributed by atoms with E-state index in [1.54, 1.807) is 0 Å². The zero-order chi connectivity index (χ0) is 12.1. The summed E-state index contributed by atoms with van der Waals surface area (Å²) in [4.78, 5) is 11.8. The summed E-state index contributed by atoms with van der Waals surface area (Å²) in [7, 11) is 0. The summed E-state index contributed by atoms with van der Waals surface area (Å²) in [6, 6.07) is 0. The average Bonchev–Trinajstić information content (AvgIpc) is 2.90. The standard InChI is InChI=1S/C13H16O4/c1-7-3-5-11(15)8(2)10(14)17-12(11)6-4-9-13(7,12)16-9/h7,9,15H,2-6H2,1H3/t7-,9-,11+,12+,13-/m0/s1. The van der Waals surface area contributed by atoms with Crippen LogP contribution in [-0.2, 0) is 14.3 Å². The van der Waals surface area contributed by atoms with Gasteiger partial charge in [-0.25, -0.2) is 4.79 Å². The zero-order valence-electron chi connectivity index (χ0n) is 9.86. The van der Waals surface area contributed by atoms with Gasteiger partial charge in [0.2, 0.25) is 0 Å². The van der Waals surface area contributed by atoms with Gasteiger partial charge in [-0.15, -0.1) is 0 Å². The van der Waals surface area contributed by atoms with Crippen LogP contribution in [0.1, 0.15) is 32.6 Å². The van der Waals surface area contributed by atoms with Crippen LogP contribution in [0.3, 0.4) is 0 Å². The third kappa shape index (κ3) is 0.746. The van der Waals surface area contributed by atoms with Gasteiger partial charge in [0, 0.05) is 0 Å². The number of hydrogen-bond acceptors (Lipinski definition) is 4. The predicted molar refractivity (Wildman–Crippen MR) is 58.1 cm³/mol. The summed E-state index contributed by atoms with van der Waals surface area (Å²) in [6.07, 6.45) is 3.13. The Labute approximate surface area is 99.6 Å². The molecular formula is C13H16O4. The molecule has 4 aliphatic rings. The first-order valence-corrected chi connectivity index (χ1v) is 6.31. The minimum atomic E-state index is -1.21. The van der Waals surface area contributed by atoms with Crippen LogP contribution < -0.4 is 0 Å². The zero-order valence-corrected chi connectivity index (χ0v) is 9.86. The molecule has 2 spiro atoms. The Bertz CT molecular complexity index is 458. The molecule has 2 aliphatic carbocycles. The van der Waals surface area contributed by atoms with Crippen molar-refractivity contribution < 1.29 is 19.4 Å². The van der Waals surface area contributed by atoms with Crippen LogP contribution >= 0.6 is 0 Å². The van der Waals surface area contributed by atoms with Crippen LogP contribution in [0, 0.1) is 5.92 Å². The Morgan fingerprint density at radius 1 is 1.41 bits per heavy atom. The molecule has 2 saturated heterocycles. The first kappa shape index (κ1) is 10.1. The van der Waals surface area contributed by atoms with Gasteiger partial charge in [-0.2, -0.15) is 0 Å². The summed E-state index contributed by atoms with van der Waals surface area (Å²) in [5, 5.41) is 10.9. The van der Waals surface area contributed by atoms with E-state index in [-0.39, 0.29) is 11.7 Å². The van der Waals surface area contributed by atoms with Crippen LogP contribution in [0.4, 0.5) is 0 Å². The van der Waals surface area contributed by atoms with Crippen molar-refractivity contribution in [1.82, 2.24) is 0 Å². The summed E-state index contributed by atoms with van der Waals surface area (Å²) in [5.41, 5.74) is -2.27. The maximum atomic E-state index is 11.8. The van der Waals surface area contributed by atoms with Gasteiger partial charge in [0.1, 0.15) is 11.2 Å². The molecule has 2 saturated carbocycles. The maximum absolute atomic E-state index is 11.8. The van der Waals surface area contributed by atoms with E-state index in [1.165, 1.54) is 0 Å². The molecule has 0 unspecified atom stereocenters. The molecule has 4 heteroatoms. The highest BCUT2D eigenvalue weighted by atomic mass is 16.7. The highest BCUT2D eigenvalue weighted by molar-refractivity contribution is 5.94. The van der Waals surface area contributed by atoms with E-state index in [2.05, 4.69) is 13.5 Å². The van der Waals surface area contributed by atoms with Gasteiger partial charge in [0.15, 0.2) is 5.60 Å². The molecular weight excluding hydrogens is 220 g/mol. The molecule has 4 fully saturated rings. The van der Waals surface area contributed by atoms with Crippen molar-refractivity contribution in [2.45, 2.75) is 55.5 Å². The van der Waals surface area contributed by atoms with E-state index >= 15 is 0 Å². The first-order chi connectivity index (χ1) is 7.98. The monoisotopic (exact) mass is 236 g/mol. The summed E-state index contributed by atoms with van der Waals surface area (Å²) >= 11 is 0. The van der Waals surface area contributed by atoms with Crippen molar-refractivity contribution in [3.63, 3.8) is 0 Å². The molecule has 0 aromatic rings.